The van der Waals surface area contributed by atoms with Gasteiger partial charge in [-0.25, -0.2) is 4.99 Å². The van der Waals surface area contributed by atoms with Gasteiger partial charge in [-0.15, -0.1) is 0 Å². The van der Waals surface area contributed by atoms with Gasteiger partial charge < -0.3 is 15.5 Å². The number of unbranched alkanes of at least 4 members (excludes halogenated alkanes) is 2. The SMILES string of the molecule is C=C(/N=C(/C)C=C(C)C)NC(/C=C\CC)=C/CC.CC.CC.CC.CC.CCCCCN(C)CCNC. The summed E-state index contributed by atoms with van der Waals surface area (Å²) in [5.74, 6) is 0.672. The first-order valence-corrected chi connectivity index (χ1v) is 15.2. The minimum Gasteiger partial charge on any atom is -0.341 e. The normalized spacial score (nSPS) is 10.1. The van der Waals surface area contributed by atoms with E-state index < -0.39 is 0 Å². The zero-order valence-electron chi connectivity index (χ0n) is 28.6. The van der Waals surface area contributed by atoms with Gasteiger partial charge >= 0.3 is 0 Å². The van der Waals surface area contributed by atoms with E-state index in [4.69, 9.17) is 0 Å². The third-order valence-corrected chi connectivity index (χ3v) is 3.94. The first kappa shape index (κ1) is 48.4. The van der Waals surface area contributed by atoms with Crippen LogP contribution in [-0.4, -0.2) is 44.3 Å². The zero-order valence-corrected chi connectivity index (χ0v) is 28.6. The maximum Gasteiger partial charge on any atom is 0.123 e. The average molecular weight is 525 g/mol. The van der Waals surface area contributed by atoms with Crippen molar-refractivity contribution in [3.8, 4) is 0 Å². The molecule has 4 nitrogen and oxygen atoms in total. The number of allylic oxidation sites excluding steroid dienone is 5. The molecule has 0 aliphatic carbocycles. The van der Waals surface area contributed by atoms with Crippen LogP contribution >= 0.6 is 0 Å². The largest absolute Gasteiger partial charge is 0.341 e. The molecule has 37 heavy (non-hydrogen) atoms. The maximum atomic E-state index is 4.41. The van der Waals surface area contributed by atoms with Crippen LogP contribution in [0.3, 0.4) is 0 Å². The van der Waals surface area contributed by atoms with E-state index in [1.165, 1.54) is 37.9 Å². The lowest BCUT2D eigenvalue weighted by atomic mass is 10.2. The van der Waals surface area contributed by atoms with Crippen LogP contribution < -0.4 is 10.6 Å². The molecule has 224 valence electrons. The minimum absolute atomic E-state index is 0.672. The van der Waals surface area contributed by atoms with E-state index in [-0.39, 0.29) is 0 Å². The molecule has 2 N–H and O–H groups in total. The first-order valence-electron chi connectivity index (χ1n) is 15.2. The molecule has 0 aliphatic heterocycles. The molecule has 0 amide bonds. The number of likely N-dealkylation sites (N-methyl/N-ethyl adjacent to an activating group) is 2. The molecule has 0 radical (unpaired) electrons. The molecule has 0 spiro atoms. The van der Waals surface area contributed by atoms with Gasteiger partial charge in [0, 0.05) is 24.5 Å². The minimum atomic E-state index is 0.672. The van der Waals surface area contributed by atoms with E-state index >= 15 is 0 Å². The summed E-state index contributed by atoms with van der Waals surface area (Å²) in [5.41, 5.74) is 3.25. The van der Waals surface area contributed by atoms with Gasteiger partial charge in [0.2, 0.25) is 0 Å². The number of aliphatic imine (C=N–C) groups is 1. The Morgan fingerprint density at radius 2 is 1.38 bits per heavy atom. The number of hydrogen-bond donors (Lipinski definition) is 2. The van der Waals surface area contributed by atoms with E-state index in [2.05, 4.69) is 87.0 Å². The van der Waals surface area contributed by atoms with Crippen molar-refractivity contribution < 1.29 is 0 Å². The Kier molecular flexibility index (Phi) is 62.2. The summed E-state index contributed by atoms with van der Waals surface area (Å²) < 4.78 is 0. The van der Waals surface area contributed by atoms with Crippen LogP contribution in [0.1, 0.15) is 129 Å². The van der Waals surface area contributed by atoms with E-state index in [9.17, 15) is 0 Å². The number of nitrogens with zero attached hydrogens (tertiary/aromatic N) is 2. The van der Waals surface area contributed by atoms with Crippen LogP contribution in [0.5, 0.6) is 0 Å². The van der Waals surface area contributed by atoms with Crippen molar-refractivity contribution >= 4 is 5.71 Å². The molecule has 4 heteroatoms. The zero-order chi connectivity index (χ0) is 30.5. The lowest BCUT2D eigenvalue weighted by Gasteiger charge is -2.15. The Bertz CT molecular complexity index is 524. The highest BCUT2D eigenvalue weighted by Crippen LogP contribution is 2.02. The second kappa shape index (κ2) is 47.5. The van der Waals surface area contributed by atoms with Gasteiger partial charge in [-0.05, 0) is 72.8 Å². The molecular weight excluding hydrogens is 452 g/mol. The van der Waals surface area contributed by atoms with Crippen molar-refractivity contribution in [2.75, 3.05) is 33.7 Å². The molecule has 0 saturated carbocycles. The number of hydrogen-bond acceptors (Lipinski definition) is 4. The molecule has 0 bridgehead atoms. The van der Waals surface area contributed by atoms with Gasteiger partial charge in [-0.2, -0.15) is 0 Å². The lowest BCUT2D eigenvalue weighted by molar-refractivity contribution is 0.326. The summed E-state index contributed by atoms with van der Waals surface area (Å²) in [6.07, 6.45) is 14.4. The van der Waals surface area contributed by atoms with Gasteiger partial charge in [-0.1, -0.05) is 113 Å². The topological polar surface area (TPSA) is 39.7 Å². The Hall–Kier alpha value is -1.65. The van der Waals surface area contributed by atoms with Crippen molar-refractivity contribution in [1.29, 1.82) is 0 Å². The fraction of sp³-hybridized carbons (Fsp3) is 0.727. The molecule has 0 rings (SSSR count). The fourth-order valence-electron chi connectivity index (χ4n) is 2.53. The summed E-state index contributed by atoms with van der Waals surface area (Å²) in [6.45, 7) is 36.0. The highest BCUT2D eigenvalue weighted by atomic mass is 15.1. The highest BCUT2D eigenvalue weighted by Gasteiger charge is 1.95. The smallest absolute Gasteiger partial charge is 0.123 e. The number of nitrogens with one attached hydrogen (secondary N) is 2. The standard InChI is InChI=1S/C16H26N2.C9H22N2.4C2H6/c1-7-9-11-16(10-8-2)18-15(6)17-14(5)12-13(3)4;1-4-5-6-8-11(3)9-7-10-2;4*1-2/h9-12,18H,6-8H2,1-5H3;10H,4-9H2,1-3H3;4*1-2H3/b11-9-,16-10+,17-14-;;;;;. The van der Waals surface area contributed by atoms with E-state index in [1.54, 1.807) is 0 Å². The Morgan fingerprint density at radius 3 is 1.78 bits per heavy atom. The van der Waals surface area contributed by atoms with Crippen molar-refractivity contribution in [2.45, 2.75) is 129 Å². The van der Waals surface area contributed by atoms with Gasteiger partial charge in [-0.3, -0.25) is 0 Å². The van der Waals surface area contributed by atoms with Gasteiger partial charge in [0.1, 0.15) is 5.82 Å². The summed E-state index contributed by atoms with van der Waals surface area (Å²) >= 11 is 0. The molecule has 0 aliphatic rings. The van der Waals surface area contributed by atoms with Crippen LogP contribution in [0, 0.1) is 0 Å². The van der Waals surface area contributed by atoms with Crippen LogP contribution in [0.4, 0.5) is 0 Å². The van der Waals surface area contributed by atoms with Gasteiger partial charge in [0.15, 0.2) is 0 Å². The molecule has 0 atom stereocenters. The predicted molar refractivity (Wildman–Crippen MR) is 179 cm³/mol. The van der Waals surface area contributed by atoms with Crippen LogP contribution in [0.15, 0.2) is 53.0 Å². The fourth-order valence-corrected chi connectivity index (χ4v) is 2.53. The first-order chi connectivity index (χ1) is 17.8. The Balaban J connectivity index is -0.000000108. The molecule has 0 unspecified atom stereocenters. The monoisotopic (exact) mass is 525 g/mol. The van der Waals surface area contributed by atoms with Gasteiger partial charge in [0.05, 0.1) is 0 Å². The van der Waals surface area contributed by atoms with E-state index in [1.807, 2.05) is 75.4 Å². The van der Waals surface area contributed by atoms with Crippen molar-refractivity contribution in [2.24, 2.45) is 4.99 Å². The van der Waals surface area contributed by atoms with E-state index in [0.29, 0.717) is 5.82 Å². The third kappa shape index (κ3) is 51.8. The van der Waals surface area contributed by atoms with Crippen molar-refractivity contribution in [3.05, 3.63) is 48.0 Å². The molecule has 0 saturated heterocycles. The van der Waals surface area contributed by atoms with Crippen molar-refractivity contribution in [1.82, 2.24) is 15.5 Å². The number of rotatable bonds is 14. The maximum absolute atomic E-state index is 4.41. The van der Waals surface area contributed by atoms with Crippen LogP contribution in [-0.2, 0) is 0 Å². The second-order valence-corrected chi connectivity index (χ2v) is 7.54. The predicted octanol–water partition coefficient (Wildman–Crippen LogP) is 10.2. The molecule has 0 aromatic carbocycles. The second-order valence-electron chi connectivity index (χ2n) is 7.54. The summed E-state index contributed by atoms with van der Waals surface area (Å²) in [6, 6.07) is 0. The third-order valence-electron chi connectivity index (χ3n) is 3.94. The van der Waals surface area contributed by atoms with Crippen LogP contribution in [0.25, 0.3) is 0 Å². The molecule has 0 aromatic rings. The summed E-state index contributed by atoms with van der Waals surface area (Å²) in [5, 5.41) is 6.37. The van der Waals surface area contributed by atoms with Crippen LogP contribution in [0.2, 0.25) is 0 Å². The lowest BCUT2D eigenvalue weighted by Crippen LogP contribution is -2.28. The highest BCUT2D eigenvalue weighted by molar-refractivity contribution is 5.93. The summed E-state index contributed by atoms with van der Waals surface area (Å²) in [4.78, 5) is 6.79. The Morgan fingerprint density at radius 1 is 0.838 bits per heavy atom. The molecular formula is C33H72N4. The quantitative estimate of drug-likeness (QED) is 0.135. The summed E-state index contributed by atoms with van der Waals surface area (Å²) in [7, 11) is 4.19. The Labute approximate surface area is 236 Å². The molecule has 0 aromatic heterocycles. The molecule has 0 fully saturated rings. The van der Waals surface area contributed by atoms with Gasteiger partial charge in [0.25, 0.3) is 0 Å². The average Bonchev–Trinajstić information content (AvgIpc) is 2.90. The van der Waals surface area contributed by atoms with Crippen molar-refractivity contribution in [3.63, 3.8) is 0 Å². The van der Waals surface area contributed by atoms with E-state index in [0.717, 1.165) is 30.8 Å². The molecule has 0 heterocycles.